The largest absolute Gasteiger partial charge is 0.481 e. The predicted octanol–water partition coefficient (Wildman–Crippen LogP) is 4.77. The van der Waals surface area contributed by atoms with Crippen molar-refractivity contribution in [3.8, 4) is 5.88 Å². The van der Waals surface area contributed by atoms with Crippen molar-refractivity contribution < 1.29 is 27.8 Å². The number of aromatic nitrogens is 1. The zero-order valence-corrected chi connectivity index (χ0v) is 19.7. The molecule has 0 radical (unpaired) electrons. The van der Waals surface area contributed by atoms with Crippen molar-refractivity contribution in [2.75, 3.05) is 30.1 Å². The molecule has 0 aliphatic carbocycles. The minimum Gasteiger partial charge on any atom is -0.481 e. The van der Waals surface area contributed by atoms with Gasteiger partial charge in [0.2, 0.25) is 5.88 Å². The van der Waals surface area contributed by atoms with Gasteiger partial charge < -0.3 is 14.7 Å². The molecule has 2 aliphatic heterocycles. The van der Waals surface area contributed by atoms with Crippen LogP contribution in [0.5, 0.6) is 5.88 Å². The maximum Gasteiger partial charge on any atom is 0.431 e. The number of pyridine rings is 1. The van der Waals surface area contributed by atoms with Crippen LogP contribution in [-0.4, -0.2) is 54.2 Å². The highest BCUT2D eigenvalue weighted by molar-refractivity contribution is 5.95. The first-order chi connectivity index (χ1) is 16.7. The summed E-state index contributed by atoms with van der Waals surface area (Å²) in [5.41, 5.74) is 1.72. The van der Waals surface area contributed by atoms with Crippen LogP contribution in [0.3, 0.4) is 0 Å². The second kappa shape index (κ2) is 10.1. The third kappa shape index (κ3) is 5.68. The quantitative estimate of drug-likeness (QED) is 0.603. The fourth-order valence-electron chi connectivity index (χ4n) is 4.90. The summed E-state index contributed by atoms with van der Waals surface area (Å²) in [7, 11) is 1.60. The Morgan fingerprint density at radius 2 is 1.83 bits per heavy atom. The van der Waals surface area contributed by atoms with Gasteiger partial charge in [-0.15, -0.1) is 0 Å². The Hall–Kier alpha value is -3.30. The summed E-state index contributed by atoms with van der Waals surface area (Å²) in [6, 6.07) is 10.3. The molecule has 2 unspecified atom stereocenters. The van der Waals surface area contributed by atoms with Gasteiger partial charge in [-0.3, -0.25) is 9.80 Å². The van der Waals surface area contributed by atoms with Gasteiger partial charge >= 0.3 is 12.1 Å². The molecule has 1 aromatic carbocycles. The number of carboxylic acids is 1. The molecule has 188 valence electrons. The van der Waals surface area contributed by atoms with E-state index >= 15 is 0 Å². The number of anilines is 2. The van der Waals surface area contributed by atoms with Crippen molar-refractivity contribution in [2.45, 2.75) is 44.8 Å². The van der Waals surface area contributed by atoms with Crippen molar-refractivity contribution in [2.24, 2.45) is 16.9 Å². The number of piperidine rings is 1. The summed E-state index contributed by atoms with van der Waals surface area (Å²) in [5.74, 6) is -1.09. The van der Waals surface area contributed by atoms with E-state index in [1.165, 1.54) is 11.9 Å². The number of hydrazone groups is 1. The third-order valence-electron chi connectivity index (χ3n) is 6.84. The smallest absolute Gasteiger partial charge is 0.431 e. The van der Waals surface area contributed by atoms with Gasteiger partial charge in [-0.25, -0.2) is 4.98 Å². The lowest BCUT2D eigenvalue weighted by molar-refractivity contribution is -0.137. The van der Waals surface area contributed by atoms with E-state index in [4.69, 9.17) is 4.74 Å². The first kappa shape index (κ1) is 24.8. The number of halogens is 3. The molecule has 0 saturated carbocycles. The van der Waals surface area contributed by atoms with E-state index in [0.717, 1.165) is 43.6 Å². The first-order valence-electron chi connectivity index (χ1n) is 11.7. The second-order valence-corrected chi connectivity index (χ2v) is 9.14. The van der Waals surface area contributed by atoms with E-state index in [1.54, 1.807) is 25.4 Å². The van der Waals surface area contributed by atoms with Gasteiger partial charge in [0.15, 0.2) is 0 Å². The molecule has 3 heterocycles. The number of benzene rings is 1. The van der Waals surface area contributed by atoms with E-state index < -0.39 is 36.2 Å². The Bertz CT molecular complexity index is 1070. The van der Waals surface area contributed by atoms with Crippen LogP contribution < -0.4 is 14.6 Å². The van der Waals surface area contributed by atoms with E-state index in [-0.39, 0.29) is 0 Å². The van der Waals surface area contributed by atoms with Crippen LogP contribution >= 0.6 is 0 Å². The Balaban J connectivity index is 1.40. The molecule has 0 spiro atoms. The molecule has 7 nitrogen and oxygen atoms in total. The number of methoxy groups -OCH3 is 1. The maximum atomic E-state index is 13.4. The molecule has 1 saturated heterocycles. The van der Waals surface area contributed by atoms with Gasteiger partial charge in [0.25, 0.3) is 0 Å². The monoisotopic (exact) mass is 490 g/mol. The summed E-state index contributed by atoms with van der Waals surface area (Å²) in [4.78, 5) is 17.8. The average molecular weight is 491 g/mol. The summed E-state index contributed by atoms with van der Waals surface area (Å²) >= 11 is 0. The number of ether oxygens (including phenoxy) is 1. The minimum absolute atomic E-state index is 0.423. The molecule has 10 heteroatoms. The predicted molar refractivity (Wildman–Crippen MR) is 127 cm³/mol. The van der Waals surface area contributed by atoms with E-state index in [9.17, 15) is 23.1 Å². The van der Waals surface area contributed by atoms with Gasteiger partial charge in [-0.05, 0) is 48.9 Å². The van der Waals surface area contributed by atoms with Crippen molar-refractivity contribution in [3.63, 3.8) is 0 Å². The molecule has 0 amide bonds. The number of aliphatic carboxylic acids is 1. The SMILES string of the molecule is COc1cc(N2CCC(Cc3ccc(N4N=C(C(F)(F)F)C(C)C4CC(=O)O)cc3)CC2)ccn1. The van der Waals surface area contributed by atoms with Crippen LogP contribution in [0, 0.1) is 11.8 Å². The van der Waals surface area contributed by atoms with Crippen LogP contribution in [0.2, 0.25) is 0 Å². The van der Waals surface area contributed by atoms with Crippen molar-refractivity contribution >= 4 is 23.1 Å². The zero-order chi connectivity index (χ0) is 25.2. The molecule has 1 fully saturated rings. The van der Waals surface area contributed by atoms with Gasteiger partial charge in [0.1, 0.15) is 5.71 Å². The van der Waals surface area contributed by atoms with Crippen LogP contribution in [0.15, 0.2) is 47.7 Å². The van der Waals surface area contributed by atoms with Crippen molar-refractivity contribution in [3.05, 3.63) is 48.2 Å². The molecule has 2 aromatic rings. The Morgan fingerprint density at radius 1 is 1.14 bits per heavy atom. The summed E-state index contributed by atoms with van der Waals surface area (Å²) in [6.45, 7) is 3.23. The van der Waals surface area contributed by atoms with Gasteiger partial charge in [0.05, 0.1) is 25.3 Å². The fourth-order valence-corrected chi connectivity index (χ4v) is 4.90. The van der Waals surface area contributed by atoms with Crippen LogP contribution in [0.25, 0.3) is 0 Å². The number of carbonyl (C=O) groups is 1. The summed E-state index contributed by atoms with van der Waals surface area (Å²) < 4.78 is 45.4. The highest BCUT2D eigenvalue weighted by Gasteiger charge is 2.48. The number of hydrogen-bond donors (Lipinski definition) is 1. The Kier molecular flexibility index (Phi) is 7.18. The van der Waals surface area contributed by atoms with E-state index in [0.29, 0.717) is 17.5 Å². The van der Waals surface area contributed by atoms with Crippen molar-refractivity contribution in [1.29, 1.82) is 0 Å². The molecule has 35 heavy (non-hydrogen) atoms. The standard InChI is InChI=1S/C25H29F3N4O3/c1-16-21(15-23(33)34)32(30-24(16)25(26,27)28)19-5-3-17(4-6-19)13-18-8-11-31(12-9-18)20-7-10-29-22(14-20)35-2/h3-7,10,14,16,18,21H,8-9,11-13,15H2,1-2H3,(H,33,34). The van der Waals surface area contributed by atoms with Gasteiger partial charge in [-0.2, -0.15) is 18.3 Å². The number of alkyl halides is 3. The van der Waals surface area contributed by atoms with E-state index in [1.807, 2.05) is 24.3 Å². The summed E-state index contributed by atoms with van der Waals surface area (Å²) in [5, 5.41) is 14.2. The molecule has 4 rings (SSSR count). The first-order valence-corrected chi connectivity index (χ1v) is 11.7. The molecule has 2 atom stereocenters. The zero-order valence-electron chi connectivity index (χ0n) is 19.7. The van der Waals surface area contributed by atoms with Gasteiger partial charge in [0, 0.05) is 37.0 Å². The Morgan fingerprint density at radius 3 is 2.43 bits per heavy atom. The van der Waals surface area contributed by atoms with Gasteiger partial charge in [-0.1, -0.05) is 19.1 Å². The average Bonchev–Trinajstić information content (AvgIpc) is 3.16. The van der Waals surface area contributed by atoms with Crippen LogP contribution in [0.4, 0.5) is 24.5 Å². The fraction of sp³-hybridized carbons (Fsp3) is 0.480. The van der Waals surface area contributed by atoms with Crippen LogP contribution in [0.1, 0.15) is 31.7 Å². The maximum absolute atomic E-state index is 13.4. The highest BCUT2D eigenvalue weighted by Crippen LogP contribution is 2.36. The number of nitrogens with zero attached hydrogens (tertiary/aromatic N) is 4. The minimum atomic E-state index is -4.60. The number of rotatable bonds is 7. The molecular formula is C25H29F3N4O3. The Labute approximate surface area is 202 Å². The number of carboxylic acid groups (broad SMARTS) is 1. The molecule has 1 aromatic heterocycles. The molecule has 2 aliphatic rings. The van der Waals surface area contributed by atoms with E-state index in [2.05, 4.69) is 15.0 Å². The molecule has 0 bridgehead atoms. The van der Waals surface area contributed by atoms with Crippen LogP contribution in [-0.2, 0) is 11.2 Å². The molecule has 1 N–H and O–H groups in total. The highest BCUT2D eigenvalue weighted by atomic mass is 19.4. The lowest BCUT2D eigenvalue weighted by Crippen LogP contribution is -2.36. The van der Waals surface area contributed by atoms with Crippen molar-refractivity contribution in [1.82, 2.24) is 4.98 Å². The normalized spacial score (nSPS) is 21.2. The third-order valence-corrected chi connectivity index (χ3v) is 6.84. The number of hydrogen-bond acceptors (Lipinski definition) is 6. The topological polar surface area (TPSA) is 78.3 Å². The second-order valence-electron chi connectivity index (χ2n) is 9.14. The molecular weight excluding hydrogens is 461 g/mol. The lowest BCUT2D eigenvalue weighted by Gasteiger charge is -2.33. The lowest BCUT2D eigenvalue weighted by atomic mass is 9.90. The summed E-state index contributed by atoms with van der Waals surface area (Å²) in [6.07, 6.45) is -0.355.